The van der Waals surface area contributed by atoms with E-state index >= 15 is 0 Å². The topological polar surface area (TPSA) is 26.0 Å². The Kier molecular flexibility index (Phi) is 3.07. The first-order valence-corrected chi connectivity index (χ1v) is 5.57. The summed E-state index contributed by atoms with van der Waals surface area (Å²) in [6.07, 6.45) is 0. The number of aryl methyl sites for hydroxylation is 2. The molecule has 0 aliphatic heterocycles. The standard InChI is InChI=1S/C15H17N/c1-11-6-7-12(2)15(8-11)14-5-3-4-13(9-14)10-16/h3-9H,10,16H2,1-2H3. The average Bonchev–Trinajstić information content (AvgIpc) is 2.32. The second kappa shape index (κ2) is 4.50. The molecule has 0 heterocycles. The van der Waals surface area contributed by atoms with Crippen molar-refractivity contribution in [2.45, 2.75) is 20.4 Å². The summed E-state index contributed by atoms with van der Waals surface area (Å²) in [4.78, 5) is 0. The summed E-state index contributed by atoms with van der Waals surface area (Å²) in [5.74, 6) is 0. The highest BCUT2D eigenvalue weighted by Gasteiger charge is 2.02. The van der Waals surface area contributed by atoms with Crippen molar-refractivity contribution in [1.29, 1.82) is 0 Å². The van der Waals surface area contributed by atoms with Gasteiger partial charge in [-0.05, 0) is 42.2 Å². The first-order valence-electron chi connectivity index (χ1n) is 5.57. The van der Waals surface area contributed by atoms with Gasteiger partial charge in [-0.2, -0.15) is 0 Å². The minimum Gasteiger partial charge on any atom is -0.326 e. The summed E-state index contributed by atoms with van der Waals surface area (Å²) in [7, 11) is 0. The molecule has 0 aliphatic carbocycles. The van der Waals surface area contributed by atoms with Gasteiger partial charge < -0.3 is 5.73 Å². The third-order valence-electron chi connectivity index (χ3n) is 2.87. The Morgan fingerprint density at radius 1 is 1.00 bits per heavy atom. The van der Waals surface area contributed by atoms with Gasteiger partial charge in [0.2, 0.25) is 0 Å². The lowest BCUT2D eigenvalue weighted by Crippen LogP contribution is -1.96. The van der Waals surface area contributed by atoms with E-state index in [1.807, 2.05) is 0 Å². The van der Waals surface area contributed by atoms with Gasteiger partial charge in [-0.3, -0.25) is 0 Å². The molecule has 2 aromatic carbocycles. The molecule has 0 unspecified atom stereocenters. The number of rotatable bonds is 2. The molecule has 0 atom stereocenters. The van der Waals surface area contributed by atoms with Gasteiger partial charge in [0.1, 0.15) is 0 Å². The molecule has 0 bridgehead atoms. The minimum atomic E-state index is 0.596. The van der Waals surface area contributed by atoms with Crippen LogP contribution < -0.4 is 5.73 Å². The maximum Gasteiger partial charge on any atom is 0.0178 e. The highest BCUT2D eigenvalue weighted by Crippen LogP contribution is 2.25. The molecule has 0 aromatic heterocycles. The van der Waals surface area contributed by atoms with E-state index in [-0.39, 0.29) is 0 Å². The molecule has 0 saturated carbocycles. The van der Waals surface area contributed by atoms with Gasteiger partial charge in [0.05, 0.1) is 0 Å². The van der Waals surface area contributed by atoms with Gasteiger partial charge in [-0.25, -0.2) is 0 Å². The van der Waals surface area contributed by atoms with E-state index in [2.05, 4.69) is 56.3 Å². The summed E-state index contributed by atoms with van der Waals surface area (Å²) in [6.45, 7) is 4.86. The van der Waals surface area contributed by atoms with Crippen molar-refractivity contribution in [3.63, 3.8) is 0 Å². The Labute approximate surface area is 96.9 Å². The van der Waals surface area contributed by atoms with Gasteiger partial charge in [-0.15, -0.1) is 0 Å². The third-order valence-corrected chi connectivity index (χ3v) is 2.87. The fourth-order valence-electron chi connectivity index (χ4n) is 1.91. The number of benzene rings is 2. The maximum atomic E-state index is 5.66. The van der Waals surface area contributed by atoms with Crippen LogP contribution in [0, 0.1) is 13.8 Å². The van der Waals surface area contributed by atoms with Gasteiger partial charge in [0, 0.05) is 6.54 Å². The molecule has 2 aromatic rings. The zero-order valence-corrected chi connectivity index (χ0v) is 9.83. The van der Waals surface area contributed by atoms with Gasteiger partial charge in [-0.1, -0.05) is 42.0 Å². The Balaban J connectivity index is 2.53. The molecular formula is C15H17N. The fraction of sp³-hybridized carbons (Fsp3) is 0.200. The van der Waals surface area contributed by atoms with Crippen molar-refractivity contribution in [2.24, 2.45) is 5.73 Å². The molecule has 16 heavy (non-hydrogen) atoms. The van der Waals surface area contributed by atoms with E-state index in [1.165, 1.54) is 27.8 Å². The SMILES string of the molecule is Cc1ccc(C)c(-c2cccc(CN)c2)c1. The van der Waals surface area contributed by atoms with Crippen LogP contribution in [-0.2, 0) is 6.54 Å². The van der Waals surface area contributed by atoms with Gasteiger partial charge in [0.15, 0.2) is 0 Å². The summed E-state index contributed by atoms with van der Waals surface area (Å²) in [5, 5.41) is 0. The second-order valence-corrected chi connectivity index (χ2v) is 4.22. The van der Waals surface area contributed by atoms with Crippen molar-refractivity contribution in [2.75, 3.05) is 0 Å². The average molecular weight is 211 g/mol. The molecule has 0 saturated heterocycles. The van der Waals surface area contributed by atoms with E-state index in [9.17, 15) is 0 Å². The summed E-state index contributed by atoms with van der Waals surface area (Å²) in [5.41, 5.74) is 12.0. The Bertz CT molecular complexity index is 501. The summed E-state index contributed by atoms with van der Waals surface area (Å²) < 4.78 is 0. The monoisotopic (exact) mass is 211 g/mol. The van der Waals surface area contributed by atoms with Crippen LogP contribution in [0.25, 0.3) is 11.1 Å². The molecule has 0 spiro atoms. The lowest BCUT2D eigenvalue weighted by molar-refractivity contribution is 1.07. The van der Waals surface area contributed by atoms with Crippen LogP contribution >= 0.6 is 0 Å². The van der Waals surface area contributed by atoms with Gasteiger partial charge >= 0.3 is 0 Å². The van der Waals surface area contributed by atoms with Crippen molar-refractivity contribution in [3.05, 3.63) is 59.2 Å². The van der Waals surface area contributed by atoms with Gasteiger partial charge in [0.25, 0.3) is 0 Å². The molecule has 82 valence electrons. The third kappa shape index (κ3) is 2.15. The van der Waals surface area contributed by atoms with E-state index in [1.54, 1.807) is 0 Å². The Morgan fingerprint density at radius 2 is 1.81 bits per heavy atom. The summed E-state index contributed by atoms with van der Waals surface area (Å²) in [6, 6.07) is 15.0. The fourth-order valence-corrected chi connectivity index (χ4v) is 1.91. The molecule has 0 radical (unpaired) electrons. The summed E-state index contributed by atoms with van der Waals surface area (Å²) >= 11 is 0. The lowest BCUT2D eigenvalue weighted by atomic mass is 9.97. The van der Waals surface area contributed by atoms with E-state index in [0.717, 1.165) is 0 Å². The molecule has 1 nitrogen and oxygen atoms in total. The first-order chi connectivity index (χ1) is 7.70. The predicted octanol–water partition coefficient (Wildman–Crippen LogP) is 3.43. The Hall–Kier alpha value is -1.60. The largest absolute Gasteiger partial charge is 0.326 e. The van der Waals surface area contributed by atoms with Crippen molar-refractivity contribution >= 4 is 0 Å². The number of hydrogen-bond acceptors (Lipinski definition) is 1. The van der Waals surface area contributed by atoms with Crippen LogP contribution in [0.5, 0.6) is 0 Å². The molecule has 0 aliphatic rings. The van der Waals surface area contributed by atoms with E-state index in [4.69, 9.17) is 5.73 Å². The maximum absolute atomic E-state index is 5.66. The van der Waals surface area contributed by atoms with Crippen LogP contribution in [0.3, 0.4) is 0 Å². The van der Waals surface area contributed by atoms with E-state index in [0.29, 0.717) is 6.54 Å². The highest BCUT2D eigenvalue weighted by molar-refractivity contribution is 5.68. The number of hydrogen-bond donors (Lipinski definition) is 1. The zero-order valence-electron chi connectivity index (χ0n) is 9.83. The van der Waals surface area contributed by atoms with Crippen LogP contribution in [-0.4, -0.2) is 0 Å². The molecule has 2 rings (SSSR count). The minimum absolute atomic E-state index is 0.596. The van der Waals surface area contributed by atoms with E-state index < -0.39 is 0 Å². The number of nitrogens with two attached hydrogens (primary N) is 1. The second-order valence-electron chi connectivity index (χ2n) is 4.22. The molecule has 0 fully saturated rings. The van der Waals surface area contributed by atoms with Crippen LogP contribution in [0.2, 0.25) is 0 Å². The predicted molar refractivity (Wildman–Crippen MR) is 69.2 cm³/mol. The molecular weight excluding hydrogens is 194 g/mol. The van der Waals surface area contributed by atoms with Crippen LogP contribution in [0.4, 0.5) is 0 Å². The highest BCUT2D eigenvalue weighted by atomic mass is 14.5. The molecule has 0 amide bonds. The molecule has 1 heteroatoms. The van der Waals surface area contributed by atoms with Crippen molar-refractivity contribution < 1.29 is 0 Å². The van der Waals surface area contributed by atoms with Crippen LogP contribution in [0.15, 0.2) is 42.5 Å². The quantitative estimate of drug-likeness (QED) is 0.809. The Morgan fingerprint density at radius 3 is 2.56 bits per heavy atom. The molecule has 2 N–H and O–H groups in total. The smallest absolute Gasteiger partial charge is 0.0178 e. The lowest BCUT2D eigenvalue weighted by Gasteiger charge is -2.08. The zero-order chi connectivity index (χ0) is 11.5. The first kappa shape index (κ1) is 10.9. The van der Waals surface area contributed by atoms with Crippen LogP contribution in [0.1, 0.15) is 16.7 Å². The van der Waals surface area contributed by atoms with Crippen molar-refractivity contribution in [1.82, 2.24) is 0 Å². The normalized spacial score (nSPS) is 10.4. The van der Waals surface area contributed by atoms with Crippen molar-refractivity contribution in [3.8, 4) is 11.1 Å².